The van der Waals surface area contributed by atoms with Crippen molar-refractivity contribution in [2.75, 3.05) is 13.1 Å². The summed E-state index contributed by atoms with van der Waals surface area (Å²) in [5, 5.41) is 0.941. The van der Waals surface area contributed by atoms with Gasteiger partial charge in [0.15, 0.2) is 0 Å². The van der Waals surface area contributed by atoms with Crippen LogP contribution in [0.1, 0.15) is 40.4 Å². The Kier molecular flexibility index (Phi) is 4.28. The molecule has 4 rings (SSSR count). The molecular formula is C21H23N3O. The lowest BCUT2D eigenvalue weighted by Crippen LogP contribution is -2.32. The van der Waals surface area contributed by atoms with Crippen LogP contribution in [0.4, 0.5) is 0 Å². The van der Waals surface area contributed by atoms with E-state index in [1.54, 1.807) is 6.07 Å². The Balaban J connectivity index is 1.46. The second-order valence-electron chi connectivity index (χ2n) is 6.89. The van der Waals surface area contributed by atoms with Gasteiger partial charge in [0.25, 0.3) is 0 Å². The van der Waals surface area contributed by atoms with Gasteiger partial charge in [-0.3, -0.25) is 9.69 Å². The van der Waals surface area contributed by atoms with Crippen molar-refractivity contribution >= 4 is 16.8 Å². The standard InChI is InChI=1S/C21H23N3O/c22-21(25)17-7-4-8-19-18(17)13-20(23-19)16-9-11-24(12-10-16)14-15-5-2-1-3-6-15/h1-8,13,16,23H,9-12,14H2,(H2,22,25). The highest BCUT2D eigenvalue weighted by Gasteiger charge is 2.22. The summed E-state index contributed by atoms with van der Waals surface area (Å²) in [4.78, 5) is 17.6. The Morgan fingerprint density at radius 1 is 1.08 bits per heavy atom. The molecule has 25 heavy (non-hydrogen) atoms. The first kappa shape index (κ1) is 15.9. The molecule has 0 radical (unpaired) electrons. The summed E-state index contributed by atoms with van der Waals surface area (Å²) in [6.45, 7) is 3.21. The fraction of sp³-hybridized carbons (Fsp3) is 0.286. The number of H-pyrrole nitrogens is 1. The largest absolute Gasteiger partial charge is 0.366 e. The molecule has 4 heteroatoms. The van der Waals surface area contributed by atoms with E-state index < -0.39 is 0 Å². The van der Waals surface area contributed by atoms with Crippen LogP contribution in [0.2, 0.25) is 0 Å². The SMILES string of the molecule is NC(=O)c1cccc2[nH]c(C3CCN(Cc4ccccc4)CC3)cc12. The van der Waals surface area contributed by atoms with Gasteiger partial charge in [-0.1, -0.05) is 36.4 Å². The van der Waals surface area contributed by atoms with Crippen LogP contribution >= 0.6 is 0 Å². The topological polar surface area (TPSA) is 62.1 Å². The van der Waals surface area contributed by atoms with Crippen LogP contribution < -0.4 is 5.73 Å². The molecule has 4 nitrogen and oxygen atoms in total. The Hall–Kier alpha value is -2.59. The molecule has 0 unspecified atom stereocenters. The summed E-state index contributed by atoms with van der Waals surface area (Å²) in [7, 11) is 0. The van der Waals surface area contributed by atoms with Gasteiger partial charge in [-0.25, -0.2) is 0 Å². The number of primary amides is 1. The summed E-state index contributed by atoms with van der Waals surface area (Å²) < 4.78 is 0. The highest BCUT2D eigenvalue weighted by molar-refractivity contribution is 6.05. The molecule has 2 heterocycles. The van der Waals surface area contributed by atoms with Crippen molar-refractivity contribution in [1.82, 2.24) is 9.88 Å². The first-order valence-corrected chi connectivity index (χ1v) is 8.88. The molecule has 1 amide bonds. The Morgan fingerprint density at radius 2 is 1.84 bits per heavy atom. The van der Waals surface area contributed by atoms with Crippen LogP contribution in [0.5, 0.6) is 0 Å². The molecule has 2 aromatic carbocycles. The molecule has 128 valence electrons. The fourth-order valence-electron chi connectivity index (χ4n) is 3.86. The Bertz CT molecular complexity index is 877. The minimum atomic E-state index is -0.367. The molecule has 3 N–H and O–H groups in total. The Labute approximate surface area is 147 Å². The summed E-state index contributed by atoms with van der Waals surface area (Å²) in [5.74, 6) is 0.147. The van der Waals surface area contributed by atoms with Crippen molar-refractivity contribution in [2.45, 2.75) is 25.3 Å². The summed E-state index contributed by atoms with van der Waals surface area (Å²) in [6.07, 6.45) is 2.26. The third-order valence-corrected chi connectivity index (χ3v) is 5.23. The Morgan fingerprint density at radius 3 is 2.56 bits per heavy atom. The number of carbonyl (C=O) groups is 1. The maximum atomic E-state index is 11.6. The molecule has 1 aromatic heterocycles. The van der Waals surface area contributed by atoms with E-state index in [1.165, 1.54) is 11.3 Å². The second kappa shape index (κ2) is 6.73. The van der Waals surface area contributed by atoms with Crippen LogP contribution in [-0.2, 0) is 6.54 Å². The van der Waals surface area contributed by atoms with Gasteiger partial charge in [0, 0.05) is 34.6 Å². The number of carbonyl (C=O) groups excluding carboxylic acids is 1. The molecule has 0 atom stereocenters. The number of rotatable bonds is 4. The zero-order chi connectivity index (χ0) is 17.2. The molecule has 0 bridgehead atoms. The molecular weight excluding hydrogens is 310 g/mol. The third-order valence-electron chi connectivity index (χ3n) is 5.23. The molecule has 0 aliphatic carbocycles. The second-order valence-corrected chi connectivity index (χ2v) is 6.89. The van der Waals surface area contributed by atoms with Crippen molar-refractivity contribution in [3.8, 4) is 0 Å². The van der Waals surface area contributed by atoms with Crippen molar-refractivity contribution < 1.29 is 4.79 Å². The van der Waals surface area contributed by atoms with Gasteiger partial charge >= 0.3 is 0 Å². The summed E-state index contributed by atoms with van der Waals surface area (Å²) in [6, 6.07) is 18.4. The van der Waals surface area contributed by atoms with Crippen LogP contribution in [0, 0.1) is 0 Å². The van der Waals surface area contributed by atoms with Crippen molar-refractivity contribution in [1.29, 1.82) is 0 Å². The third kappa shape index (κ3) is 3.30. The number of hydrogen-bond donors (Lipinski definition) is 2. The highest BCUT2D eigenvalue weighted by Crippen LogP contribution is 2.31. The first-order chi connectivity index (χ1) is 12.2. The van der Waals surface area contributed by atoms with E-state index in [0.29, 0.717) is 11.5 Å². The number of benzene rings is 2. The van der Waals surface area contributed by atoms with Gasteiger partial charge in [-0.15, -0.1) is 0 Å². The van der Waals surface area contributed by atoms with E-state index in [9.17, 15) is 4.79 Å². The van der Waals surface area contributed by atoms with E-state index in [0.717, 1.165) is 43.4 Å². The average molecular weight is 333 g/mol. The maximum Gasteiger partial charge on any atom is 0.249 e. The van der Waals surface area contributed by atoms with Crippen LogP contribution in [-0.4, -0.2) is 28.9 Å². The predicted molar refractivity (Wildman–Crippen MR) is 101 cm³/mol. The monoisotopic (exact) mass is 333 g/mol. The number of hydrogen-bond acceptors (Lipinski definition) is 2. The number of nitrogens with two attached hydrogens (primary N) is 1. The number of fused-ring (bicyclic) bond motifs is 1. The van der Waals surface area contributed by atoms with Crippen LogP contribution in [0.3, 0.4) is 0 Å². The van der Waals surface area contributed by atoms with E-state index in [4.69, 9.17) is 5.73 Å². The van der Waals surface area contributed by atoms with Crippen LogP contribution in [0.15, 0.2) is 54.6 Å². The molecule has 1 aliphatic heterocycles. The van der Waals surface area contributed by atoms with Gasteiger partial charge < -0.3 is 10.7 Å². The number of aromatic amines is 1. The van der Waals surface area contributed by atoms with E-state index in [2.05, 4.69) is 46.3 Å². The lowest BCUT2D eigenvalue weighted by Gasteiger charge is -2.31. The number of aromatic nitrogens is 1. The maximum absolute atomic E-state index is 11.6. The van der Waals surface area contributed by atoms with Gasteiger partial charge in [0.05, 0.1) is 0 Å². The minimum absolute atomic E-state index is 0.367. The molecule has 1 aliphatic rings. The van der Waals surface area contributed by atoms with Gasteiger partial charge in [0.1, 0.15) is 0 Å². The lowest BCUT2D eigenvalue weighted by molar-refractivity contribution is 0.100. The number of likely N-dealkylation sites (tertiary alicyclic amines) is 1. The zero-order valence-corrected chi connectivity index (χ0v) is 14.2. The van der Waals surface area contributed by atoms with Gasteiger partial charge in [0.2, 0.25) is 5.91 Å². The number of nitrogens with zero attached hydrogens (tertiary/aromatic N) is 1. The van der Waals surface area contributed by atoms with Crippen molar-refractivity contribution in [2.24, 2.45) is 5.73 Å². The number of nitrogens with one attached hydrogen (secondary N) is 1. The average Bonchev–Trinajstić information content (AvgIpc) is 3.07. The highest BCUT2D eigenvalue weighted by atomic mass is 16.1. The minimum Gasteiger partial charge on any atom is -0.366 e. The van der Waals surface area contributed by atoms with Gasteiger partial charge in [-0.2, -0.15) is 0 Å². The van der Waals surface area contributed by atoms with E-state index in [-0.39, 0.29) is 5.91 Å². The summed E-state index contributed by atoms with van der Waals surface area (Å²) >= 11 is 0. The molecule has 0 saturated carbocycles. The quantitative estimate of drug-likeness (QED) is 0.765. The van der Waals surface area contributed by atoms with Crippen molar-refractivity contribution in [3.63, 3.8) is 0 Å². The normalized spacial score (nSPS) is 16.3. The smallest absolute Gasteiger partial charge is 0.249 e. The molecule has 1 fully saturated rings. The van der Waals surface area contributed by atoms with Crippen LogP contribution in [0.25, 0.3) is 10.9 Å². The predicted octanol–water partition coefficient (Wildman–Crippen LogP) is 3.65. The zero-order valence-electron chi connectivity index (χ0n) is 14.2. The molecule has 1 saturated heterocycles. The number of amides is 1. The van der Waals surface area contributed by atoms with Crippen molar-refractivity contribution in [3.05, 3.63) is 71.4 Å². The molecule has 0 spiro atoms. The number of piperidine rings is 1. The lowest BCUT2D eigenvalue weighted by atomic mass is 9.93. The summed E-state index contributed by atoms with van der Waals surface area (Å²) in [5.41, 5.74) is 9.69. The first-order valence-electron chi connectivity index (χ1n) is 8.88. The molecule has 3 aromatic rings. The fourth-order valence-corrected chi connectivity index (χ4v) is 3.86. The van der Waals surface area contributed by atoms with E-state index >= 15 is 0 Å². The van der Waals surface area contributed by atoms with E-state index in [1.807, 2.05) is 12.1 Å². The van der Waals surface area contributed by atoms with Gasteiger partial charge in [-0.05, 0) is 49.7 Å².